The summed E-state index contributed by atoms with van der Waals surface area (Å²) < 4.78 is 42.6. The molecule has 0 aliphatic heterocycles. The molecular weight excluding hydrogens is 450 g/mol. The van der Waals surface area contributed by atoms with Gasteiger partial charge in [0, 0.05) is 12.1 Å². The van der Waals surface area contributed by atoms with Gasteiger partial charge in [0.25, 0.3) is 11.6 Å². The summed E-state index contributed by atoms with van der Waals surface area (Å²) in [5.41, 5.74) is 0.482. The summed E-state index contributed by atoms with van der Waals surface area (Å²) in [6.07, 6.45) is 0. The molecule has 168 valence electrons. The van der Waals surface area contributed by atoms with Crippen molar-refractivity contribution in [3.63, 3.8) is 0 Å². The van der Waals surface area contributed by atoms with Gasteiger partial charge in [-0.1, -0.05) is 23.4 Å². The smallest absolute Gasteiger partial charge is 0.269 e. The van der Waals surface area contributed by atoms with Crippen LogP contribution in [0.2, 0.25) is 0 Å². The Bertz CT molecular complexity index is 1430. The van der Waals surface area contributed by atoms with Gasteiger partial charge in [-0.25, -0.2) is 8.42 Å². The number of aromatic nitrogens is 2. The molecule has 0 fully saturated rings. The molecular formula is C22H17N3O7S. The monoisotopic (exact) mass is 467 g/mol. The van der Waals surface area contributed by atoms with E-state index in [0.29, 0.717) is 17.1 Å². The van der Waals surface area contributed by atoms with Crippen LogP contribution in [0.4, 0.5) is 5.69 Å². The zero-order valence-electron chi connectivity index (χ0n) is 17.5. The summed E-state index contributed by atoms with van der Waals surface area (Å²) in [5, 5.41) is 14.9. The lowest BCUT2D eigenvalue weighted by Gasteiger charge is -2.09. The largest absolute Gasteiger partial charge is 0.493 e. The number of para-hydroxylation sites is 1. The number of nitro benzene ring substituents is 1. The Balaban J connectivity index is 1.78. The van der Waals surface area contributed by atoms with Crippen LogP contribution in [0, 0.1) is 10.1 Å². The number of nitro groups is 1. The zero-order valence-corrected chi connectivity index (χ0v) is 18.3. The van der Waals surface area contributed by atoms with Gasteiger partial charge in [-0.05, 0) is 36.4 Å². The maximum Gasteiger partial charge on any atom is 0.269 e. The Morgan fingerprint density at radius 3 is 2.27 bits per heavy atom. The Hall–Kier alpha value is -4.25. The molecule has 0 amide bonds. The van der Waals surface area contributed by atoms with Crippen molar-refractivity contribution in [1.29, 1.82) is 0 Å². The number of methoxy groups -OCH3 is 2. The molecule has 3 aromatic carbocycles. The Morgan fingerprint density at radius 2 is 1.61 bits per heavy atom. The van der Waals surface area contributed by atoms with Crippen LogP contribution in [-0.2, 0) is 9.84 Å². The summed E-state index contributed by atoms with van der Waals surface area (Å²) in [4.78, 5) is 14.5. The van der Waals surface area contributed by atoms with E-state index in [0.717, 1.165) is 12.1 Å². The first-order valence-electron chi connectivity index (χ1n) is 9.51. The van der Waals surface area contributed by atoms with Crippen molar-refractivity contribution in [3.8, 4) is 34.3 Å². The van der Waals surface area contributed by atoms with Crippen LogP contribution in [0.1, 0.15) is 0 Å². The number of rotatable bonds is 7. The van der Waals surface area contributed by atoms with Gasteiger partial charge in [-0.3, -0.25) is 10.1 Å². The number of non-ortho nitro benzene ring substituents is 1. The minimum Gasteiger partial charge on any atom is -0.493 e. The number of benzene rings is 3. The van der Waals surface area contributed by atoms with Crippen molar-refractivity contribution in [2.75, 3.05) is 14.2 Å². The Labute approximate surface area is 188 Å². The van der Waals surface area contributed by atoms with Crippen molar-refractivity contribution in [2.45, 2.75) is 9.79 Å². The molecule has 4 rings (SSSR count). The summed E-state index contributed by atoms with van der Waals surface area (Å²) in [6, 6.07) is 16.0. The van der Waals surface area contributed by atoms with Crippen LogP contribution in [0.25, 0.3) is 22.8 Å². The molecule has 0 N–H and O–H groups in total. The maximum absolute atomic E-state index is 13.3. The molecule has 0 saturated carbocycles. The highest BCUT2D eigenvalue weighted by molar-refractivity contribution is 7.91. The average molecular weight is 467 g/mol. The molecule has 0 atom stereocenters. The van der Waals surface area contributed by atoms with Gasteiger partial charge < -0.3 is 14.0 Å². The highest BCUT2D eigenvalue weighted by Gasteiger charge is 2.26. The van der Waals surface area contributed by atoms with Crippen LogP contribution in [0.3, 0.4) is 0 Å². The predicted octanol–water partition coefficient (Wildman–Crippen LogP) is 4.16. The van der Waals surface area contributed by atoms with Gasteiger partial charge in [0.15, 0.2) is 11.5 Å². The molecule has 0 spiro atoms. The number of nitrogens with zero attached hydrogens (tertiary/aromatic N) is 3. The highest BCUT2D eigenvalue weighted by Crippen LogP contribution is 2.38. The van der Waals surface area contributed by atoms with E-state index in [2.05, 4.69) is 10.1 Å². The van der Waals surface area contributed by atoms with Crippen molar-refractivity contribution in [3.05, 3.63) is 76.8 Å². The average Bonchev–Trinajstić information content (AvgIpc) is 3.33. The maximum atomic E-state index is 13.3. The molecule has 0 radical (unpaired) electrons. The third kappa shape index (κ3) is 4.01. The van der Waals surface area contributed by atoms with E-state index in [1.807, 2.05) is 0 Å². The fraction of sp³-hybridized carbons (Fsp3) is 0.0909. The fourth-order valence-electron chi connectivity index (χ4n) is 3.26. The van der Waals surface area contributed by atoms with Crippen molar-refractivity contribution >= 4 is 15.5 Å². The van der Waals surface area contributed by atoms with Crippen molar-refractivity contribution < 1.29 is 27.3 Å². The summed E-state index contributed by atoms with van der Waals surface area (Å²) >= 11 is 0. The van der Waals surface area contributed by atoms with Gasteiger partial charge in [-0.2, -0.15) is 4.98 Å². The summed E-state index contributed by atoms with van der Waals surface area (Å²) in [6.45, 7) is 0. The second kappa shape index (κ2) is 8.71. The first kappa shape index (κ1) is 22.0. The van der Waals surface area contributed by atoms with E-state index in [1.54, 1.807) is 36.4 Å². The Kier molecular flexibility index (Phi) is 5.80. The van der Waals surface area contributed by atoms with Crippen LogP contribution in [-0.4, -0.2) is 37.7 Å². The third-order valence-corrected chi connectivity index (χ3v) is 6.66. The molecule has 0 bridgehead atoms. The molecule has 0 aliphatic rings. The normalized spacial score (nSPS) is 11.2. The number of hydrogen-bond acceptors (Lipinski definition) is 9. The van der Waals surface area contributed by atoms with Crippen LogP contribution >= 0.6 is 0 Å². The third-order valence-electron chi connectivity index (χ3n) is 4.83. The lowest BCUT2D eigenvalue weighted by molar-refractivity contribution is -0.384. The summed E-state index contributed by atoms with van der Waals surface area (Å²) in [5.74, 6) is 1.04. The summed E-state index contributed by atoms with van der Waals surface area (Å²) in [7, 11) is -1.05. The van der Waals surface area contributed by atoms with Crippen LogP contribution < -0.4 is 9.47 Å². The molecule has 0 unspecified atom stereocenters. The molecule has 1 heterocycles. The van der Waals surface area contributed by atoms with E-state index < -0.39 is 14.8 Å². The Morgan fingerprint density at radius 1 is 0.909 bits per heavy atom. The molecule has 11 heteroatoms. The molecule has 10 nitrogen and oxygen atoms in total. The molecule has 1 aromatic heterocycles. The first-order chi connectivity index (χ1) is 15.9. The van der Waals surface area contributed by atoms with Crippen molar-refractivity contribution in [1.82, 2.24) is 10.1 Å². The van der Waals surface area contributed by atoms with Gasteiger partial charge in [-0.15, -0.1) is 0 Å². The fourth-order valence-corrected chi connectivity index (χ4v) is 4.71. The molecule has 4 aromatic rings. The highest BCUT2D eigenvalue weighted by atomic mass is 32.2. The van der Waals surface area contributed by atoms with E-state index in [1.165, 1.54) is 32.4 Å². The van der Waals surface area contributed by atoms with E-state index in [-0.39, 0.29) is 32.8 Å². The van der Waals surface area contributed by atoms with Gasteiger partial charge in [0.05, 0.1) is 40.1 Å². The van der Waals surface area contributed by atoms with Gasteiger partial charge in [0.2, 0.25) is 15.7 Å². The second-order valence-corrected chi connectivity index (χ2v) is 8.63. The predicted molar refractivity (Wildman–Crippen MR) is 117 cm³/mol. The minimum absolute atomic E-state index is 0.0176. The van der Waals surface area contributed by atoms with Crippen LogP contribution in [0.5, 0.6) is 11.5 Å². The SMILES string of the molecule is COc1cccc(-c2noc(-c3ccccc3S(=O)(=O)c3ccc([N+](=O)[O-])cc3)n2)c1OC. The zero-order chi connectivity index (χ0) is 23.6. The second-order valence-electron chi connectivity index (χ2n) is 6.71. The van der Waals surface area contributed by atoms with Gasteiger partial charge in [0.1, 0.15) is 0 Å². The van der Waals surface area contributed by atoms with Crippen LogP contribution in [0.15, 0.2) is 81.0 Å². The topological polar surface area (TPSA) is 135 Å². The number of hydrogen-bond donors (Lipinski definition) is 0. The standard InChI is InChI=1S/C22H17N3O7S/c1-30-18-8-5-7-17(20(18)31-2)21-23-22(32-24-21)16-6-3-4-9-19(16)33(28,29)15-12-10-14(11-13-15)25(26)27/h3-13H,1-2H3. The quantitative estimate of drug-likeness (QED) is 0.290. The number of sulfone groups is 1. The molecule has 33 heavy (non-hydrogen) atoms. The lowest BCUT2D eigenvalue weighted by atomic mass is 10.1. The molecule has 0 aliphatic carbocycles. The number of ether oxygens (including phenoxy) is 2. The van der Waals surface area contributed by atoms with E-state index in [4.69, 9.17) is 14.0 Å². The van der Waals surface area contributed by atoms with Gasteiger partial charge >= 0.3 is 0 Å². The first-order valence-corrected chi connectivity index (χ1v) is 11.0. The lowest BCUT2D eigenvalue weighted by Crippen LogP contribution is -2.04. The van der Waals surface area contributed by atoms with E-state index >= 15 is 0 Å². The minimum atomic E-state index is -4.03. The van der Waals surface area contributed by atoms with E-state index in [9.17, 15) is 18.5 Å². The molecule has 0 saturated heterocycles. The van der Waals surface area contributed by atoms with Crippen molar-refractivity contribution in [2.24, 2.45) is 0 Å².